The first kappa shape index (κ1) is 67.8. The molecule has 0 atom stereocenters. The molecule has 0 bridgehead atoms. The Labute approximate surface area is 703 Å². The van der Waals surface area contributed by atoms with Crippen molar-refractivity contribution >= 4 is 182 Å². The zero-order valence-electron chi connectivity index (χ0n) is 64.5. The molecule has 0 spiro atoms. The van der Waals surface area contributed by atoms with Crippen LogP contribution in [0.1, 0.15) is 0 Å². The Hall–Kier alpha value is -15.4. The second-order valence-electron chi connectivity index (χ2n) is 31.2. The van der Waals surface area contributed by atoms with E-state index < -0.39 is 0 Å². The van der Waals surface area contributed by atoms with Crippen LogP contribution in [-0.2, 0) is 0 Å². The average molecular weight is 1600 g/mol. The zero-order chi connectivity index (χ0) is 79.1. The number of aromatic nitrogens is 10. The van der Waals surface area contributed by atoms with Crippen molar-refractivity contribution < 1.29 is 0 Å². The SMILES string of the molecule is c1ccc(-c2nc(-c3ccccc3)nc(-c3ccc(-n4c5ccccc5c5cc(-n6c7ccccc7c7cc8sc9c(-c%10ccc(-c%11nc(-c%12ccccc%12)nc(-c%12ccc%13sc%14ccc(-n%15c%16ccccc%16c%16cc(-n%17c%18ccccc%18c%18ccc%19c%20ccccc%20sc%19c%18%17)ccc%16%15)cc%14c%13c%12)n%11)cc%10)cccc9c8cc76)ccc54)cc3)n2)cc1. The third-order valence-corrected chi connectivity index (χ3v) is 28.0. The van der Waals surface area contributed by atoms with Crippen LogP contribution in [-0.4, -0.2) is 48.2 Å². The van der Waals surface area contributed by atoms with Gasteiger partial charge in [0.05, 0.1) is 48.8 Å². The molecule has 0 aliphatic carbocycles. The highest BCUT2D eigenvalue weighted by Crippen LogP contribution is 2.49. The smallest absolute Gasteiger partial charge is 0.164 e. The summed E-state index contributed by atoms with van der Waals surface area (Å²) in [5.74, 6) is 3.73. The lowest BCUT2D eigenvalue weighted by atomic mass is 10.0. The fraction of sp³-hybridized carbons (Fsp3) is 0. The monoisotopic (exact) mass is 1590 g/mol. The van der Waals surface area contributed by atoms with Gasteiger partial charge < -0.3 is 18.3 Å². The van der Waals surface area contributed by atoms with E-state index >= 15 is 0 Å². The van der Waals surface area contributed by atoms with Gasteiger partial charge in [0.25, 0.3) is 0 Å². The lowest BCUT2D eigenvalue weighted by molar-refractivity contribution is 1.07. The third-order valence-electron chi connectivity index (χ3n) is 24.5. The van der Waals surface area contributed by atoms with E-state index in [4.69, 9.17) is 29.9 Å². The van der Waals surface area contributed by atoms with Gasteiger partial charge in [-0.2, -0.15) is 0 Å². The van der Waals surface area contributed by atoms with Gasteiger partial charge in [-0.1, -0.05) is 237 Å². The van der Waals surface area contributed by atoms with Crippen LogP contribution in [0.2, 0.25) is 0 Å². The van der Waals surface area contributed by atoms with Crippen molar-refractivity contribution in [3.63, 3.8) is 0 Å². The van der Waals surface area contributed by atoms with E-state index in [1.165, 1.54) is 115 Å². The quantitative estimate of drug-likeness (QED) is 0.128. The number of rotatable bonds is 11. The Bertz CT molecular complexity index is 8780. The highest BCUT2D eigenvalue weighted by atomic mass is 32.1. The van der Waals surface area contributed by atoms with Crippen molar-refractivity contribution in [2.45, 2.75) is 0 Å². The van der Waals surface area contributed by atoms with Crippen LogP contribution in [0.25, 0.3) is 250 Å². The van der Waals surface area contributed by atoms with E-state index in [2.05, 4.69) is 316 Å². The molecule has 0 aliphatic rings. The summed E-state index contributed by atoms with van der Waals surface area (Å²) in [5.41, 5.74) is 21.5. The van der Waals surface area contributed by atoms with Gasteiger partial charge in [-0.25, -0.2) is 29.9 Å². The largest absolute Gasteiger partial charge is 0.309 e. The Kier molecular flexibility index (Phi) is 14.9. The number of hydrogen-bond donors (Lipinski definition) is 0. The van der Waals surface area contributed by atoms with Gasteiger partial charge in [-0.3, -0.25) is 0 Å². The molecule has 562 valence electrons. The van der Waals surface area contributed by atoms with Gasteiger partial charge >= 0.3 is 0 Å². The van der Waals surface area contributed by atoms with E-state index in [9.17, 15) is 0 Å². The van der Waals surface area contributed by atoms with E-state index in [-0.39, 0.29) is 0 Å². The molecule has 9 aromatic heterocycles. The summed E-state index contributed by atoms with van der Waals surface area (Å²) in [6.07, 6.45) is 0. The van der Waals surface area contributed by atoms with Crippen molar-refractivity contribution in [2.75, 3.05) is 0 Å². The highest BCUT2D eigenvalue weighted by molar-refractivity contribution is 7.27. The van der Waals surface area contributed by atoms with Crippen LogP contribution >= 0.6 is 34.0 Å². The normalized spacial score (nSPS) is 12.1. The Morgan fingerprint density at radius 3 is 1.08 bits per heavy atom. The molecule has 0 saturated heterocycles. The molecule has 0 fully saturated rings. The molecule has 26 rings (SSSR count). The number of fused-ring (bicyclic) bond motifs is 22. The maximum atomic E-state index is 5.38. The minimum absolute atomic E-state index is 0.609. The number of thiophene rings is 3. The first-order valence-corrected chi connectivity index (χ1v) is 43.1. The van der Waals surface area contributed by atoms with Crippen LogP contribution in [0, 0.1) is 0 Å². The van der Waals surface area contributed by atoms with Crippen molar-refractivity contribution in [1.29, 1.82) is 0 Å². The molecule has 10 nitrogen and oxygen atoms in total. The molecule has 121 heavy (non-hydrogen) atoms. The molecular weight excluding hydrogens is 1530 g/mol. The third kappa shape index (κ3) is 10.6. The molecule has 0 saturated carbocycles. The van der Waals surface area contributed by atoms with E-state index in [0.717, 1.165) is 100 Å². The molecular formula is C108H62N10S3. The van der Waals surface area contributed by atoms with Gasteiger partial charge in [-0.15, -0.1) is 34.0 Å². The molecule has 0 amide bonds. The first-order valence-electron chi connectivity index (χ1n) is 40.6. The topological polar surface area (TPSA) is 97.1 Å². The Balaban J connectivity index is 0.537. The molecule has 17 aromatic carbocycles. The van der Waals surface area contributed by atoms with Gasteiger partial charge in [-0.05, 0) is 151 Å². The minimum Gasteiger partial charge on any atom is -0.309 e. The summed E-state index contributed by atoms with van der Waals surface area (Å²) >= 11 is 5.56. The molecule has 0 N–H and O–H groups in total. The maximum absolute atomic E-state index is 5.38. The van der Waals surface area contributed by atoms with Crippen LogP contribution in [0.5, 0.6) is 0 Å². The first-order chi connectivity index (χ1) is 59.9. The molecule has 0 unspecified atom stereocenters. The van der Waals surface area contributed by atoms with E-state index in [0.29, 0.717) is 34.9 Å². The standard InChI is InChI=1S/C108H62N10S3/c1-4-21-64(22-5-1)103-109-104(65-23-6-2-7-24-65)111-107(110-103)68-43-46-70(47-44-68)115-89-34-15-11-28-76(89)83-58-71(48-53-93(83)115)117-91-36-17-13-30-78(91)85-62-99-88(61-95(85)117)81-33-20-32-74(101(81)121-99)63-39-41-67(42-40-63)106-112-105(66-25-8-3-9-26-66)113-108(114-106)69-45-55-97-86(57-69)87-60-72(50-56-98(87)119-97)116-90-35-16-12-29-77(90)84-59-73(49-54-94(84)116)118-92-37-18-10-27-75(92)80-51-52-82-79-31-14-19-38-96(79)120-102(82)100(80)118/h1-62H. The fourth-order valence-electron chi connectivity index (χ4n) is 18.9. The van der Waals surface area contributed by atoms with Gasteiger partial charge in [0, 0.05) is 155 Å². The summed E-state index contributed by atoms with van der Waals surface area (Å²) in [4.78, 5) is 30.9. The van der Waals surface area contributed by atoms with E-state index in [1.807, 2.05) is 113 Å². The molecule has 26 aromatic rings. The van der Waals surface area contributed by atoms with Gasteiger partial charge in [0.2, 0.25) is 0 Å². The van der Waals surface area contributed by atoms with Crippen molar-refractivity contribution in [2.24, 2.45) is 0 Å². The average Bonchev–Trinajstić information content (AvgIpc) is 1.55. The second-order valence-corrected chi connectivity index (χ2v) is 34.4. The second kappa shape index (κ2) is 26.6. The summed E-state index contributed by atoms with van der Waals surface area (Å²) in [5, 5.41) is 17.1. The predicted octanol–water partition coefficient (Wildman–Crippen LogP) is 29.2. The Morgan fingerprint density at radius 1 is 0.165 bits per heavy atom. The van der Waals surface area contributed by atoms with Gasteiger partial charge in [0.15, 0.2) is 34.9 Å². The zero-order valence-corrected chi connectivity index (χ0v) is 66.9. The fourth-order valence-corrected chi connectivity index (χ4v) is 22.5. The lowest BCUT2D eigenvalue weighted by Gasteiger charge is -2.12. The molecule has 0 aliphatic heterocycles. The minimum atomic E-state index is 0.609. The molecule has 0 radical (unpaired) electrons. The molecule has 9 heterocycles. The lowest BCUT2D eigenvalue weighted by Crippen LogP contribution is -2.00. The van der Waals surface area contributed by atoms with Crippen molar-refractivity contribution in [1.82, 2.24) is 48.2 Å². The van der Waals surface area contributed by atoms with Crippen LogP contribution in [0.3, 0.4) is 0 Å². The van der Waals surface area contributed by atoms with Crippen molar-refractivity contribution in [3.8, 4) is 102 Å². The van der Waals surface area contributed by atoms with E-state index in [1.54, 1.807) is 0 Å². The summed E-state index contributed by atoms with van der Waals surface area (Å²) in [6.45, 7) is 0. The molecule has 13 heteroatoms. The number of nitrogens with zero attached hydrogens (tertiary/aromatic N) is 10. The van der Waals surface area contributed by atoms with Crippen LogP contribution in [0.15, 0.2) is 376 Å². The summed E-state index contributed by atoms with van der Waals surface area (Å²) in [6, 6.07) is 136. The van der Waals surface area contributed by atoms with Crippen LogP contribution in [0.4, 0.5) is 0 Å². The summed E-state index contributed by atoms with van der Waals surface area (Å²) in [7, 11) is 0. The number of hydrogen-bond acceptors (Lipinski definition) is 9. The Morgan fingerprint density at radius 2 is 0.512 bits per heavy atom. The number of benzene rings is 17. The predicted molar refractivity (Wildman–Crippen MR) is 507 cm³/mol. The highest BCUT2D eigenvalue weighted by Gasteiger charge is 2.25. The van der Waals surface area contributed by atoms with Gasteiger partial charge in [0.1, 0.15) is 0 Å². The van der Waals surface area contributed by atoms with Crippen molar-refractivity contribution in [3.05, 3.63) is 376 Å². The van der Waals surface area contributed by atoms with Crippen LogP contribution < -0.4 is 0 Å². The number of para-hydroxylation sites is 4. The summed E-state index contributed by atoms with van der Waals surface area (Å²) < 4.78 is 17.3. The maximum Gasteiger partial charge on any atom is 0.164 e.